The minimum Gasteiger partial charge on any atom is -0.484 e. The van der Waals surface area contributed by atoms with Crippen LogP contribution in [0.5, 0.6) is 5.75 Å². The molecule has 2 rings (SSSR count). The van der Waals surface area contributed by atoms with Gasteiger partial charge in [0.15, 0.2) is 5.75 Å². The van der Waals surface area contributed by atoms with Gasteiger partial charge in [-0.25, -0.2) is 0 Å². The van der Waals surface area contributed by atoms with Crippen LogP contribution in [0.15, 0.2) is 18.2 Å². The van der Waals surface area contributed by atoms with Crippen LogP contribution in [0.2, 0.25) is 0 Å². The van der Waals surface area contributed by atoms with E-state index >= 15 is 0 Å². The third-order valence-corrected chi connectivity index (χ3v) is 3.44. The standard InChI is InChI=1S/C15H22N2O4/c1-11(2)21-14-5-3-4-13(15(14)17(18)19)16-8-6-12-7-9-20-10-12/h3-5,11-12,16H,6-10H2,1-2H3. The summed E-state index contributed by atoms with van der Waals surface area (Å²) < 4.78 is 10.9. The zero-order valence-electron chi connectivity index (χ0n) is 12.5. The highest BCUT2D eigenvalue weighted by Crippen LogP contribution is 2.35. The summed E-state index contributed by atoms with van der Waals surface area (Å²) in [7, 11) is 0. The van der Waals surface area contributed by atoms with Crippen LogP contribution >= 0.6 is 0 Å². The Morgan fingerprint density at radius 3 is 2.95 bits per heavy atom. The van der Waals surface area contributed by atoms with Gasteiger partial charge >= 0.3 is 5.69 Å². The molecule has 0 aliphatic carbocycles. The summed E-state index contributed by atoms with van der Waals surface area (Å²) >= 11 is 0. The van der Waals surface area contributed by atoms with Gasteiger partial charge in [-0.3, -0.25) is 10.1 Å². The number of hydrogen-bond acceptors (Lipinski definition) is 5. The highest BCUT2D eigenvalue weighted by Gasteiger charge is 2.22. The molecule has 0 spiro atoms. The van der Waals surface area contributed by atoms with Gasteiger partial charge in [0.1, 0.15) is 5.69 Å². The molecule has 0 bridgehead atoms. The summed E-state index contributed by atoms with van der Waals surface area (Å²) in [6.07, 6.45) is 1.92. The number of nitrogens with zero attached hydrogens (tertiary/aromatic N) is 1. The second-order valence-electron chi connectivity index (χ2n) is 5.52. The number of nitro groups is 1. The van der Waals surface area contributed by atoms with Crippen molar-refractivity contribution in [3.05, 3.63) is 28.3 Å². The number of para-hydroxylation sites is 1. The van der Waals surface area contributed by atoms with Crippen LogP contribution in [-0.2, 0) is 4.74 Å². The van der Waals surface area contributed by atoms with E-state index in [1.54, 1.807) is 18.2 Å². The number of rotatable bonds is 7. The first kappa shape index (κ1) is 15.6. The van der Waals surface area contributed by atoms with Crippen molar-refractivity contribution in [2.45, 2.75) is 32.8 Å². The Hall–Kier alpha value is -1.82. The van der Waals surface area contributed by atoms with Gasteiger partial charge in [0.25, 0.3) is 0 Å². The molecule has 6 heteroatoms. The predicted molar refractivity (Wildman–Crippen MR) is 80.9 cm³/mol. The molecule has 116 valence electrons. The lowest BCUT2D eigenvalue weighted by Crippen LogP contribution is -2.12. The van der Waals surface area contributed by atoms with Crippen molar-refractivity contribution < 1.29 is 14.4 Å². The number of nitro benzene ring substituents is 1. The van der Waals surface area contributed by atoms with Gasteiger partial charge in [0, 0.05) is 19.8 Å². The fourth-order valence-electron chi connectivity index (χ4n) is 2.42. The van der Waals surface area contributed by atoms with Gasteiger partial charge < -0.3 is 14.8 Å². The van der Waals surface area contributed by atoms with Crippen LogP contribution in [0.25, 0.3) is 0 Å². The van der Waals surface area contributed by atoms with Gasteiger partial charge in [0.2, 0.25) is 0 Å². The van der Waals surface area contributed by atoms with Crippen molar-refractivity contribution in [3.8, 4) is 5.75 Å². The first-order chi connectivity index (χ1) is 10.1. The number of benzene rings is 1. The maximum absolute atomic E-state index is 11.3. The molecule has 1 N–H and O–H groups in total. The average Bonchev–Trinajstić information content (AvgIpc) is 2.91. The van der Waals surface area contributed by atoms with Crippen LogP contribution in [0.1, 0.15) is 26.7 Å². The maximum Gasteiger partial charge on any atom is 0.333 e. The molecule has 1 fully saturated rings. The molecule has 21 heavy (non-hydrogen) atoms. The molecular formula is C15H22N2O4. The van der Waals surface area contributed by atoms with Crippen molar-refractivity contribution in [2.75, 3.05) is 25.1 Å². The molecule has 1 aliphatic rings. The van der Waals surface area contributed by atoms with Gasteiger partial charge in [-0.15, -0.1) is 0 Å². The molecule has 0 saturated carbocycles. The number of ether oxygens (including phenoxy) is 2. The van der Waals surface area contributed by atoms with E-state index in [4.69, 9.17) is 9.47 Å². The van der Waals surface area contributed by atoms with E-state index in [0.29, 0.717) is 23.9 Å². The maximum atomic E-state index is 11.3. The monoisotopic (exact) mass is 294 g/mol. The summed E-state index contributed by atoms with van der Waals surface area (Å²) in [5.41, 5.74) is 0.519. The fraction of sp³-hybridized carbons (Fsp3) is 0.600. The summed E-state index contributed by atoms with van der Waals surface area (Å²) in [6, 6.07) is 5.12. The number of nitrogens with one attached hydrogen (secondary N) is 1. The molecule has 0 radical (unpaired) electrons. The minimum absolute atomic E-state index is 0.00821. The first-order valence-electron chi connectivity index (χ1n) is 7.33. The smallest absolute Gasteiger partial charge is 0.333 e. The lowest BCUT2D eigenvalue weighted by atomic mass is 10.1. The third-order valence-electron chi connectivity index (χ3n) is 3.44. The van der Waals surface area contributed by atoms with Crippen LogP contribution in [0.3, 0.4) is 0 Å². The second kappa shape index (κ2) is 7.26. The molecule has 1 unspecified atom stereocenters. The Balaban J connectivity index is 2.04. The number of hydrogen-bond donors (Lipinski definition) is 1. The molecule has 6 nitrogen and oxygen atoms in total. The molecule has 1 aromatic carbocycles. The Kier molecular flexibility index (Phi) is 5.38. The Labute approximate surface area is 124 Å². The zero-order chi connectivity index (χ0) is 15.2. The fourth-order valence-corrected chi connectivity index (χ4v) is 2.42. The topological polar surface area (TPSA) is 73.6 Å². The predicted octanol–water partition coefficient (Wildman–Crippen LogP) is 3.22. The van der Waals surface area contributed by atoms with Crippen LogP contribution < -0.4 is 10.1 Å². The molecule has 1 aromatic rings. The average molecular weight is 294 g/mol. The largest absolute Gasteiger partial charge is 0.484 e. The summed E-state index contributed by atoms with van der Waals surface area (Å²) in [5.74, 6) is 0.857. The summed E-state index contributed by atoms with van der Waals surface area (Å²) in [5, 5.41) is 14.5. The Morgan fingerprint density at radius 1 is 1.52 bits per heavy atom. The van der Waals surface area contributed by atoms with E-state index in [1.165, 1.54) is 0 Å². The molecular weight excluding hydrogens is 272 g/mol. The van der Waals surface area contributed by atoms with E-state index in [0.717, 1.165) is 26.1 Å². The van der Waals surface area contributed by atoms with Crippen LogP contribution in [0.4, 0.5) is 11.4 Å². The molecule has 1 saturated heterocycles. The quantitative estimate of drug-likeness (QED) is 0.617. The molecule has 0 amide bonds. The van der Waals surface area contributed by atoms with Crippen LogP contribution in [-0.4, -0.2) is 30.8 Å². The lowest BCUT2D eigenvalue weighted by molar-refractivity contribution is -0.385. The van der Waals surface area contributed by atoms with Crippen molar-refractivity contribution in [3.63, 3.8) is 0 Å². The van der Waals surface area contributed by atoms with Crippen molar-refractivity contribution in [2.24, 2.45) is 5.92 Å². The van der Waals surface area contributed by atoms with E-state index in [2.05, 4.69) is 5.32 Å². The number of anilines is 1. The second-order valence-corrected chi connectivity index (χ2v) is 5.52. The van der Waals surface area contributed by atoms with Gasteiger partial charge in [-0.05, 0) is 44.7 Å². The highest BCUT2D eigenvalue weighted by atomic mass is 16.6. The lowest BCUT2D eigenvalue weighted by Gasteiger charge is -2.14. The normalized spacial score (nSPS) is 18.0. The minimum atomic E-state index is -0.390. The van der Waals surface area contributed by atoms with Gasteiger partial charge in [-0.1, -0.05) is 6.07 Å². The molecule has 1 heterocycles. The van der Waals surface area contributed by atoms with E-state index in [9.17, 15) is 10.1 Å². The van der Waals surface area contributed by atoms with Crippen molar-refractivity contribution >= 4 is 11.4 Å². The zero-order valence-corrected chi connectivity index (χ0v) is 12.5. The summed E-state index contributed by atoms with van der Waals surface area (Å²) in [6.45, 7) is 6.01. The Bertz CT molecular complexity index is 485. The molecule has 1 aliphatic heterocycles. The molecule has 1 atom stereocenters. The van der Waals surface area contributed by atoms with E-state index in [1.807, 2.05) is 13.8 Å². The SMILES string of the molecule is CC(C)Oc1cccc(NCCC2CCOC2)c1[N+](=O)[O-]. The van der Waals surface area contributed by atoms with E-state index in [-0.39, 0.29) is 11.8 Å². The first-order valence-corrected chi connectivity index (χ1v) is 7.33. The highest BCUT2D eigenvalue weighted by molar-refractivity contribution is 5.68. The van der Waals surface area contributed by atoms with Crippen LogP contribution in [0, 0.1) is 16.0 Å². The van der Waals surface area contributed by atoms with Gasteiger partial charge in [-0.2, -0.15) is 0 Å². The van der Waals surface area contributed by atoms with Gasteiger partial charge in [0.05, 0.1) is 11.0 Å². The third kappa shape index (κ3) is 4.32. The van der Waals surface area contributed by atoms with Crippen molar-refractivity contribution in [1.82, 2.24) is 0 Å². The summed E-state index contributed by atoms with van der Waals surface area (Å²) in [4.78, 5) is 10.9. The van der Waals surface area contributed by atoms with E-state index < -0.39 is 4.92 Å². The Morgan fingerprint density at radius 2 is 2.33 bits per heavy atom. The van der Waals surface area contributed by atoms with Crippen molar-refractivity contribution in [1.29, 1.82) is 0 Å². The molecule has 0 aromatic heterocycles.